The predicted molar refractivity (Wildman–Crippen MR) is 151 cm³/mol. The third-order valence-corrected chi connectivity index (χ3v) is 11.7. The van der Waals surface area contributed by atoms with Crippen molar-refractivity contribution < 1.29 is 9.59 Å². The van der Waals surface area contributed by atoms with E-state index >= 15 is 0 Å². The van der Waals surface area contributed by atoms with Gasteiger partial charge in [0.1, 0.15) is 5.78 Å². The number of amides is 2. The number of Topliss-reactive ketones (excluding diaryl/α,β-unsaturated/α-hetero) is 1. The smallest absolute Gasteiger partial charge is 0.314 e. The lowest BCUT2D eigenvalue weighted by Gasteiger charge is -2.61. The van der Waals surface area contributed by atoms with Gasteiger partial charge >= 0.3 is 6.03 Å². The topological polar surface area (TPSA) is 70.6 Å². The number of aliphatic imine (C=N–C) groups is 1. The number of carbonyl (C=O) groups excluding carboxylic acids is 2. The highest BCUT2D eigenvalue weighted by molar-refractivity contribution is 5.79. The fraction of sp³-hybridized carbons (Fsp3) is 0.781. The van der Waals surface area contributed by atoms with Crippen LogP contribution in [0.15, 0.2) is 28.8 Å². The summed E-state index contributed by atoms with van der Waals surface area (Å²) in [4.78, 5) is 30.2. The van der Waals surface area contributed by atoms with Crippen LogP contribution in [0.2, 0.25) is 0 Å². The summed E-state index contributed by atoms with van der Waals surface area (Å²) in [5.41, 5.74) is 1.37. The molecule has 37 heavy (non-hydrogen) atoms. The lowest BCUT2D eigenvalue weighted by atomic mass is 9.44. The summed E-state index contributed by atoms with van der Waals surface area (Å²) >= 11 is 0. The average molecular weight is 508 g/mol. The Morgan fingerprint density at radius 1 is 1.05 bits per heavy atom. The van der Waals surface area contributed by atoms with Gasteiger partial charge in [0.2, 0.25) is 0 Å². The van der Waals surface area contributed by atoms with Crippen LogP contribution in [0.4, 0.5) is 4.79 Å². The lowest BCUT2D eigenvalue weighted by Crippen LogP contribution is -2.57. The van der Waals surface area contributed by atoms with Crippen LogP contribution in [0.25, 0.3) is 0 Å². The summed E-state index contributed by atoms with van der Waals surface area (Å²) in [5.74, 6) is 3.73. The van der Waals surface area contributed by atoms with Crippen molar-refractivity contribution in [2.75, 3.05) is 13.1 Å². The molecule has 4 aliphatic carbocycles. The first-order valence-electron chi connectivity index (χ1n) is 15.2. The Balaban J connectivity index is 1.39. The molecule has 8 atom stereocenters. The molecular weight excluding hydrogens is 458 g/mol. The second kappa shape index (κ2) is 10.3. The SMILES string of the molecule is CCCCNC(=O)NCC1(C2CC[C@H]3[C@@H]4CCC5CC(=O)CC[C@]5(C)[C@H]4CC[C@]23C)C=C(C)C=CC=N1. The molecule has 5 heteroatoms. The van der Waals surface area contributed by atoms with E-state index in [4.69, 9.17) is 4.99 Å². The van der Waals surface area contributed by atoms with Gasteiger partial charge in [-0.3, -0.25) is 9.79 Å². The van der Waals surface area contributed by atoms with Gasteiger partial charge in [-0.25, -0.2) is 4.79 Å². The molecule has 0 radical (unpaired) electrons. The quantitative estimate of drug-likeness (QED) is 0.396. The molecule has 0 aromatic carbocycles. The van der Waals surface area contributed by atoms with Gasteiger partial charge < -0.3 is 10.6 Å². The van der Waals surface area contributed by atoms with Crippen LogP contribution in [0, 0.1) is 40.4 Å². The number of allylic oxidation sites excluding steroid dienone is 3. The van der Waals surface area contributed by atoms with Crippen molar-refractivity contribution in [1.29, 1.82) is 0 Å². The number of urea groups is 1. The number of hydrogen-bond donors (Lipinski definition) is 2. The zero-order chi connectivity index (χ0) is 26.3. The maximum Gasteiger partial charge on any atom is 0.314 e. The van der Waals surface area contributed by atoms with Crippen molar-refractivity contribution in [3.05, 3.63) is 23.8 Å². The third kappa shape index (κ3) is 4.74. The molecule has 0 saturated heterocycles. The molecule has 5 aliphatic rings. The van der Waals surface area contributed by atoms with Gasteiger partial charge in [-0.05, 0) is 105 Å². The van der Waals surface area contributed by atoms with Crippen LogP contribution < -0.4 is 10.6 Å². The van der Waals surface area contributed by atoms with E-state index in [0.717, 1.165) is 43.9 Å². The molecule has 0 aromatic rings. The minimum absolute atomic E-state index is 0.0761. The van der Waals surface area contributed by atoms with Gasteiger partial charge in [0.05, 0.1) is 5.54 Å². The monoisotopic (exact) mass is 507 g/mol. The molecule has 3 unspecified atom stereocenters. The number of rotatable bonds is 6. The van der Waals surface area contributed by atoms with E-state index in [1.54, 1.807) is 0 Å². The molecule has 5 nitrogen and oxygen atoms in total. The van der Waals surface area contributed by atoms with E-state index in [1.807, 2.05) is 12.3 Å². The largest absolute Gasteiger partial charge is 0.338 e. The van der Waals surface area contributed by atoms with Gasteiger partial charge in [0, 0.05) is 32.1 Å². The predicted octanol–water partition coefficient (Wildman–Crippen LogP) is 6.64. The molecule has 0 spiro atoms. The Morgan fingerprint density at radius 2 is 1.86 bits per heavy atom. The minimum Gasteiger partial charge on any atom is -0.338 e. The number of carbonyl (C=O) groups is 2. The van der Waals surface area contributed by atoms with Crippen LogP contribution in [-0.4, -0.2) is 36.7 Å². The molecule has 5 rings (SSSR count). The Labute approximate surface area is 224 Å². The lowest BCUT2D eigenvalue weighted by molar-refractivity contribution is -0.140. The second-order valence-electron chi connectivity index (χ2n) is 13.6. The Kier molecular flexibility index (Phi) is 7.46. The molecule has 1 aliphatic heterocycles. The third-order valence-electron chi connectivity index (χ3n) is 11.7. The van der Waals surface area contributed by atoms with E-state index in [0.29, 0.717) is 42.0 Å². The molecule has 0 aromatic heterocycles. The van der Waals surface area contributed by atoms with Crippen LogP contribution in [0.5, 0.6) is 0 Å². The first kappa shape index (κ1) is 26.7. The van der Waals surface area contributed by atoms with Crippen LogP contribution in [-0.2, 0) is 4.79 Å². The first-order valence-corrected chi connectivity index (χ1v) is 15.2. The van der Waals surface area contributed by atoms with Crippen molar-refractivity contribution in [2.24, 2.45) is 45.4 Å². The molecular formula is C32H49N3O2. The minimum atomic E-state index is -0.412. The molecule has 2 amide bonds. The van der Waals surface area contributed by atoms with E-state index < -0.39 is 5.54 Å². The highest BCUT2D eigenvalue weighted by atomic mass is 16.2. The number of fused-ring (bicyclic) bond motifs is 5. The second-order valence-corrected chi connectivity index (χ2v) is 13.6. The summed E-state index contributed by atoms with van der Waals surface area (Å²) in [6.07, 6.45) is 20.8. The average Bonchev–Trinajstić information content (AvgIpc) is 3.12. The van der Waals surface area contributed by atoms with Gasteiger partial charge in [0.25, 0.3) is 0 Å². The Hall–Kier alpha value is -1.91. The molecule has 4 fully saturated rings. The van der Waals surface area contributed by atoms with Crippen molar-refractivity contribution in [3.8, 4) is 0 Å². The summed E-state index contributed by atoms with van der Waals surface area (Å²) in [5, 5.41) is 6.26. The van der Waals surface area contributed by atoms with Crippen molar-refractivity contribution in [3.63, 3.8) is 0 Å². The zero-order valence-corrected chi connectivity index (χ0v) is 23.7. The van der Waals surface area contributed by atoms with E-state index in [-0.39, 0.29) is 11.4 Å². The van der Waals surface area contributed by atoms with Crippen LogP contribution in [0.1, 0.15) is 98.3 Å². The molecule has 4 saturated carbocycles. The van der Waals surface area contributed by atoms with Crippen LogP contribution >= 0.6 is 0 Å². The maximum absolute atomic E-state index is 12.7. The standard InChI is InChI=1S/C32H49N3O2/c1-5-6-17-33-29(37)34-21-32(20-22(2)8-7-18-35-32)28-12-11-26-25-10-9-23-19-24(36)13-15-30(23,3)27(25)14-16-31(26,28)4/h7-8,18,20,23,25-28H,5-6,9-17,19,21H2,1-4H3,(H2,33,34,37)/t23?,25-,26-,27-,28?,30-,31-,32?/m0/s1. The van der Waals surface area contributed by atoms with E-state index in [9.17, 15) is 9.59 Å². The number of nitrogens with one attached hydrogen (secondary N) is 2. The van der Waals surface area contributed by atoms with Gasteiger partial charge in [-0.15, -0.1) is 0 Å². The Morgan fingerprint density at radius 3 is 2.68 bits per heavy atom. The van der Waals surface area contributed by atoms with Gasteiger partial charge in [-0.2, -0.15) is 0 Å². The fourth-order valence-corrected chi connectivity index (χ4v) is 9.80. The number of unbranched alkanes of at least 4 members (excludes halogenated alkanes) is 1. The van der Waals surface area contributed by atoms with Crippen molar-refractivity contribution >= 4 is 18.0 Å². The van der Waals surface area contributed by atoms with Gasteiger partial charge in [-0.1, -0.05) is 44.9 Å². The maximum atomic E-state index is 12.7. The molecule has 0 bridgehead atoms. The highest BCUT2D eigenvalue weighted by Crippen LogP contribution is 2.68. The number of hydrogen-bond acceptors (Lipinski definition) is 3. The summed E-state index contributed by atoms with van der Waals surface area (Å²) in [7, 11) is 0. The molecule has 2 N–H and O–H groups in total. The van der Waals surface area contributed by atoms with E-state index in [2.05, 4.69) is 50.5 Å². The first-order chi connectivity index (χ1) is 17.7. The van der Waals surface area contributed by atoms with Crippen molar-refractivity contribution in [2.45, 2.75) is 104 Å². The molecule has 204 valence electrons. The summed E-state index contributed by atoms with van der Waals surface area (Å²) in [6.45, 7) is 10.7. The number of nitrogens with zero attached hydrogens (tertiary/aromatic N) is 1. The summed E-state index contributed by atoms with van der Waals surface area (Å²) < 4.78 is 0. The highest BCUT2D eigenvalue weighted by Gasteiger charge is 2.63. The van der Waals surface area contributed by atoms with Gasteiger partial charge in [0.15, 0.2) is 0 Å². The van der Waals surface area contributed by atoms with E-state index in [1.165, 1.54) is 44.1 Å². The normalized spacial score (nSPS) is 42.8. The Bertz CT molecular complexity index is 985. The molecule has 1 heterocycles. The van der Waals surface area contributed by atoms with Crippen molar-refractivity contribution in [1.82, 2.24) is 10.6 Å². The fourth-order valence-electron chi connectivity index (χ4n) is 9.80. The van der Waals surface area contributed by atoms with Crippen LogP contribution in [0.3, 0.4) is 0 Å². The zero-order valence-electron chi connectivity index (χ0n) is 23.7. The summed E-state index contributed by atoms with van der Waals surface area (Å²) in [6, 6.07) is -0.0761. The number of ketones is 1.